The number of hydrogen-bond donors (Lipinski definition) is 1. The van der Waals surface area contributed by atoms with Crippen molar-refractivity contribution in [3.8, 4) is 0 Å². The molecule has 0 saturated carbocycles. The van der Waals surface area contributed by atoms with Crippen molar-refractivity contribution in [2.45, 2.75) is 38.5 Å². The van der Waals surface area contributed by atoms with Gasteiger partial charge >= 0.3 is 0 Å². The minimum absolute atomic E-state index is 0.380. The van der Waals surface area contributed by atoms with Gasteiger partial charge < -0.3 is 10.6 Å². The Kier molecular flexibility index (Phi) is 3.92. The van der Waals surface area contributed by atoms with Crippen LogP contribution in [0.4, 0.5) is 5.82 Å². The summed E-state index contributed by atoms with van der Waals surface area (Å²) in [5.41, 5.74) is 8.14. The maximum absolute atomic E-state index is 5.88. The number of thioether (sulfide) groups is 1. The number of aromatic nitrogens is 2. The van der Waals surface area contributed by atoms with Crippen LogP contribution in [0.1, 0.15) is 31.5 Å². The molecule has 1 aromatic heterocycles. The van der Waals surface area contributed by atoms with Crippen molar-refractivity contribution in [2.75, 3.05) is 23.7 Å². The Hall–Kier alpha value is -0.680. The highest BCUT2D eigenvalue weighted by Crippen LogP contribution is 2.33. The molecule has 0 unspecified atom stereocenters. The molecule has 2 heterocycles. The molecule has 0 aliphatic carbocycles. The summed E-state index contributed by atoms with van der Waals surface area (Å²) in [6, 6.07) is 0. The molecule has 4 nitrogen and oxygen atoms in total. The fraction of sp³-hybridized carbons (Fsp3) is 0.769. The van der Waals surface area contributed by atoms with Gasteiger partial charge in [0.25, 0.3) is 0 Å². The third-order valence-corrected chi connectivity index (χ3v) is 5.03. The Labute approximate surface area is 114 Å². The second kappa shape index (κ2) is 5.13. The molecule has 2 N–H and O–H groups in total. The monoisotopic (exact) mass is 268 g/mol. The molecule has 0 amide bonds. The number of aryl methyl sites for hydroxylation is 2. The van der Waals surface area contributed by atoms with Crippen molar-refractivity contribution >= 4 is 17.6 Å². The van der Waals surface area contributed by atoms with Gasteiger partial charge in [-0.2, -0.15) is 16.9 Å². The Bertz CT molecular complexity index is 425. The van der Waals surface area contributed by atoms with Crippen molar-refractivity contribution in [3.63, 3.8) is 0 Å². The Morgan fingerprint density at radius 2 is 2.11 bits per heavy atom. The molecule has 0 bridgehead atoms. The van der Waals surface area contributed by atoms with Crippen LogP contribution in [-0.2, 0) is 13.6 Å². The summed E-state index contributed by atoms with van der Waals surface area (Å²) >= 11 is 2.06. The molecule has 102 valence electrons. The van der Waals surface area contributed by atoms with Crippen LogP contribution in [0.2, 0.25) is 0 Å². The summed E-state index contributed by atoms with van der Waals surface area (Å²) in [5.74, 6) is 2.38. The highest BCUT2D eigenvalue weighted by Gasteiger charge is 2.26. The van der Waals surface area contributed by atoms with Crippen molar-refractivity contribution in [1.82, 2.24) is 9.78 Å². The molecule has 1 aliphatic rings. The van der Waals surface area contributed by atoms with Crippen LogP contribution in [0.15, 0.2) is 0 Å². The van der Waals surface area contributed by atoms with Crippen LogP contribution in [0.3, 0.4) is 0 Å². The Morgan fingerprint density at radius 1 is 1.39 bits per heavy atom. The standard InChI is InChI=1S/C13H24N4S/c1-10-11(9-14)12(16(4)15-10)17-6-5-13(2,3)18-8-7-17/h5-9,14H2,1-4H3. The van der Waals surface area contributed by atoms with E-state index in [2.05, 4.69) is 35.6 Å². The number of hydrogen-bond acceptors (Lipinski definition) is 4. The second-order valence-electron chi connectivity index (χ2n) is 5.56. The van der Waals surface area contributed by atoms with E-state index in [1.165, 1.54) is 23.6 Å². The number of anilines is 1. The zero-order chi connectivity index (χ0) is 13.3. The van der Waals surface area contributed by atoms with E-state index in [4.69, 9.17) is 5.73 Å². The lowest BCUT2D eigenvalue weighted by Crippen LogP contribution is -2.30. The number of rotatable bonds is 2. The molecule has 2 rings (SSSR count). The zero-order valence-corrected chi connectivity index (χ0v) is 12.7. The van der Waals surface area contributed by atoms with Crippen molar-refractivity contribution < 1.29 is 0 Å². The molecule has 1 aliphatic heterocycles. The van der Waals surface area contributed by atoms with Crippen LogP contribution in [0.5, 0.6) is 0 Å². The molecule has 0 atom stereocenters. The first-order valence-corrected chi connectivity index (χ1v) is 7.54. The fourth-order valence-electron chi connectivity index (χ4n) is 2.56. The van der Waals surface area contributed by atoms with Crippen LogP contribution in [-0.4, -0.2) is 33.4 Å². The van der Waals surface area contributed by atoms with Gasteiger partial charge in [0, 0.05) is 42.7 Å². The van der Waals surface area contributed by atoms with Gasteiger partial charge in [0.1, 0.15) is 5.82 Å². The lowest BCUT2D eigenvalue weighted by molar-refractivity contribution is 0.622. The van der Waals surface area contributed by atoms with Gasteiger partial charge in [-0.1, -0.05) is 13.8 Å². The predicted molar refractivity (Wildman–Crippen MR) is 79.2 cm³/mol. The Morgan fingerprint density at radius 3 is 2.78 bits per heavy atom. The lowest BCUT2D eigenvalue weighted by Gasteiger charge is -2.25. The molecule has 1 saturated heterocycles. The van der Waals surface area contributed by atoms with E-state index in [9.17, 15) is 0 Å². The molecule has 5 heteroatoms. The average Bonchev–Trinajstić information content (AvgIpc) is 2.45. The highest BCUT2D eigenvalue weighted by atomic mass is 32.2. The molecule has 0 aromatic carbocycles. The maximum Gasteiger partial charge on any atom is 0.131 e. The molecular formula is C13H24N4S. The number of nitrogens with two attached hydrogens (primary N) is 1. The normalized spacial score (nSPS) is 19.9. The van der Waals surface area contributed by atoms with E-state index >= 15 is 0 Å². The molecule has 1 fully saturated rings. The van der Waals surface area contributed by atoms with E-state index < -0.39 is 0 Å². The summed E-state index contributed by atoms with van der Waals surface area (Å²) in [6.45, 7) is 9.45. The fourth-order valence-corrected chi connectivity index (χ4v) is 3.66. The van der Waals surface area contributed by atoms with Crippen molar-refractivity contribution in [1.29, 1.82) is 0 Å². The van der Waals surface area contributed by atoms with E-state index in [0.29, 0.717) is 11.3 Å². The molecule has 18 heavy (non-hydrogen) atoms. The summed E-state index contributed by atoms with van der Waals surface area (Å²) in [6.07, 6.45) is 1.20. The average molecular weight is 268 g/mol. The van der Waals surface area contributed by atoms with Gasteiger partial charge in [-0.15, -0.1) is 0 Å². The van der Waals surface area contributed by atoms with Crippen LogP contribution < -0.4 is 10.6 Å². The molecule has 0 radical (unpaired) electrons. The maximum atomic E-state index is 5.88. The number of nitrogens with zero attached hydrogens (tertiary/aromatic N) is 3. The third kappa shape index (κ3) is 2.67. The van der Waals surface area contributed by atoms with Gasteiger partial charge in [0.05, 0.1) is 5.69 Å². The van der Waals surface area contributed by atoms with Gasteiger partial charge in [0.15, 0.2) is 0 Å². The highest BCUT2D eigenvalue weighted by molar-refractivity contribution is 8.00. The van der Waals surface area contributed by atoms with Gasteiger partial charge in [0.2, 0.25) is 0 Å². The second-order valence-corrected chi connectivity index (χ2v) is 7.36. The minimum Gasteiger partial charge on any atom is -0.356 e. The largest absolute Gasteiger partial charge is 0.356 e. The van der Waals surface area contributed by atoms with E-state index in [1.807, 2.05) is 18.7 Å². The molecular weight excluding hydrogens is 244 g/mol. The lowest BCUT2D eigenvalue weighted by atomic mass is 10.1. The summed E-state index contributed by atoms with van der Waals surface area (Å²) in [4.78, 5) is 2.45. The van der Waals surface area contributed by atoms with Crippen molar-refractivity contribution in [2.24, 2.45) is 12.8 Å². The first kappa shape index (κ1) is 13.7. The smallest absolute Gasteiger partial charge is 0.131 e. The molecule has 0 spiro atoms. The first-order valence-electron chi connectivity index (χ1n) is 6.56. The van der Waals surface area contributed by atoms with Crippen molar-refractivity contribution in [3.05, 3.63) is 11.3 Å². The summed E-state index contributed by atoms with van der Waals surface area (Å²) in [7, 11) is 2.02. The SMILES string of the molecule is Cc1nn(C)c(N2CCSC(C)(C)CC2)c1CN. The van der Waals surface area contributed by atoms with Gasteiger partial charge in [-0.3, -0.25) is 4.68 Å². The molecule has 1 aromatic rings. The van der Waals surface area contributed by atoms with Crippen LogP contribution >= 0.6 is 11.8 Å². The summed E-state index contributed by atoms with van der Waals surface area (Å²) < 4.78 is 2.37. The van der Waals surface area contributed by atoms with Gasteiger partial charge in [-0.25, -0.2) is 0 Å². The van der Waals surface area contributed by atoms with E-state index in [1.54, 1.807) is 0 Å². The first-order chi connectivity index (χ1) is 8.44. The predicted octanol–water partition coefficient (Wildman–Crippen LogP) is 1.91. The quantitative estimate of drug-likeness (QED) is 0.890. The third-order valence-electron chi connectivity index (χ3n) is 3.65. The van der Waals surface area contributed by atoms with Crippen LogP contribution in [0, 0.1) is 6.92 Å². The minimum atomic E-state index is 0.380. The van der Waals surface area contributed by atoms with E-state index in [-0.39, 0.29) is 0 Å². The van der Waals surface area contributed by atoms with Gasteiger partial charge in [-0.05, 0) is 13.3 Å². The van der Waals surface area contributed by atoms with E-state index in [0.717, 1.165) is 18.8 Å². The summed E-state index contributed by atoms with van der Waals surface area (Å²) in [5, 5.41) is 4.51. The van der Waals surface area contributed by atoms with Crippen LogP contribution in [0.25, 0.3) is 0 Å². The zero-order valence-electron chi connectivity index (χ0n) is 11.9. The topological polar surface area (TPSA) is 47.1 Å². The Balaban J connectivity index is 2.26.